The summed E-state index contributed by atoms with van der Waals surface area (Å²) in [5.41, 5.74) is 0. The molecule has 0 rings (SSSR count). The molecule has 0 aromatic rings. The second kappa shape index (κ2) is 18.9. The SMILES string of the molecule is CCCC[O][Ti][O]CCCC.Cl.Cl. The molecule has 0 unspecified atom stereocenters. The molecule has 0 atom stereocenters. The summed E-state index contributed by atoms with van der Waals surface area (Å²) in [6, 6.07) is 0. The van der Waals surface area contributed by atoms with Crippen LogP contribution in [0.25, 0.3) is 0 Å². The maximum atomic E-state index is 5.32. The van der Waals surface area contributed by atoms with E-state index in [0.717, 1.165) is 13.2 Å². The van der Waals surface area contributed by atoms with Crippen molar-refractivity contribution in [3.05, 3.63) is 0 Å². The van der Waals surface area contributed by atoms with Crippen molar-refractivity contribution in [1.82, 2.24) is 0 Å². The van der Waals surface area contributed by atoms with Crippen LogP contribution in [0.2, 0.25) is 0 Å². The molecule has 0 heterocycles. The van der Waals surface area contributed by atoms with Gasteiger partial charge in [0.05, 0.1) is 0 Å². The smallest absolute Gasteiger partial charge is 0.147 e. The molecule has 0 fully saturated rings. The van der Waals surface area contributed by atoms with Gasteiger partial charge in [-0.3, -0.25) is 0 Å². The zero-order chi connectivity index (χ0) is 8.36. The Bertz CT molecular complexity index is 69.2. The first-order chi connectivity index (χ1) is 5.41. The summed E-state index contributed by atoms with van der Waals surface area (Å²) in [6.07, 6.45) is 4.75. The van der Waals surface area contributed by atoms with Gasteiger partial charge in [-0.05, 0) is 0 Å². The quantitative estimate of drug-likeness (QED) is 0.495. The number of hydrogen-bond acceptors (Lipinski definition) is 2. The molecule has 2 nitrogen and oxygen atoms in total. The van der Waals surface area contributed by atoms with Gasteiger partial charge in [-0.25, -0.2) is 0 Å². The number of rotatable bonds is 8. The third-order valence-corrected chi connectivity index (χ3v) is 2.32. The van der Waals surface area contributed by atoms with Gasteiger partial charge >= 0.3 is 79.3 Å². The fraction of sp³-hybridized carbons (Fsp3) is 1.00. The Labute approximate surface area is 104 Å². The van der Waals surface area contributed by atoms with Crippen molar-refractivity contribution < 1.29 is 26.6 Å². The van der Waals surface area contributed by atoms with Gasteiger partial charge in [-0.2, -0.15) is 0 Å². The summed E-state index contributed by atoms with van der Waals surface area (Å²) in [5.74, 6) is 0. The van der Waals surface area contributed by atoms with E-state index in [1.807, 2.05) is 0 Å². The zero-order valence-corrected chi connectivity index (χ0v) is 11.6. The molecule has 0 aromatic carbocycles. The third kappa shape index (κ3) is 19.6. The van der Waals surface area contributed by atoms with Crippen molar-refractivity contribution in [3.63, 3.8) is 0 Å². The summed E-state index contributed by atoms with van der Waals surface area (Å²) in [5, 5.41) is 0. The van der Waals surface area contributed by atoms with E-state index >= 15 is 0 Å². The summed E-state index contributed by atoms with van der Waals surface area (Å²) in [6.45, 7) is 6.12. The molecule has 0 aliphatic rings. The molecule has 13 heavy (non-hydrogen) atoms. The van der Waals surface area contributed by atoms with Crippen molar-refractivity contribution in [3.8, 4) is 0 Å². The molecular formula is C8H20Cl2O2Ti. The van der Waals surface area contributed by atoms with Crippen molar-refractivity contribution in [2.75, 3.05) is 13.2 Å². The maximum absolute atomic E-state index is 5.32. The second-order valence-corrected chi connectivity index (χ2v) is 3.65. The molecule has 0 aromatic heterocycles. The van der Waals surface area contributed by atoms with Gasteiger partial charge in [0.2, 0.25) is 0 Å². The van der Waals surface area contributed by atoms with E-state index in [0.29, 0.717) is 0 Å². The van der Waals surface area contributed by atoms with Crippen molar-refractivity contribution in [2.24, 2.45) is 0 Å². The molecule has 0 spiro atoms. The molecule has 0 aliphatic carbocycles. The van der Waals surface area contributed by atoms with Crippen LogP contribution in [0, 0.1) is 0 Å². The van der Waals surface area contributed by atoms with Gasteiger partial charge in [0.15, 0.2) is 0 Å². The van der Waals surface area contributed by atoms with Gasteiger partial charge < -0.3 is 0 Å². The zero-order valence-electron chi connectivity index (χ0n) is 8.38. The van der Waals surface area contributed by atoms with Gasteiger partial charge in [0.25, 0.3) is 0 Å². The van der Waals surface area contributed by atoms with E-state index in [-0.39, 0.29) is 24.8 Å². The van der Waals surface area contributed by atoms with Crippen LogP contribution in [0.4, 0.5) is 0 Å². The molecule has 0 bridgehead atoms. The predicted molar refractivity (Wildman–Crippen MR) is 56.2 cm³/mol. The number of halogens is 2. The summed E-state index contributed by atoms with van der Waals surface area (Å²) < 4.78 is 10.6. The van der Waals surface area contributed by atoms with Crippen LogP contribution in [-0.2, 0) is 26.6 Å². The Morgan fingerprint density at radius 3 is 1.54 bits per heavy atom. The van der Waals surface area contributed by atoms with E-state index in [9.17, 15) is 0 Å². The van der Waals surface area contributed by atoms with Crippen LogP contribution in [0.3, 0.4) is 0 Å². The van der Waals surface area contributed by atoms with Gasteiger partial charge in [-0.15, -0.1) is 24.8 Å². The standard InChI is InChI=1S/2C4H9O.2ClH.Ti/c2*1-2-3-4-5;;;/h2*2-4H2,1H3;2*1H;/q2*-1;;;+2. The van der Waals surface area contributed by atoms with Crippen molar-refractivity contribution >= 4 is 24.8 Å². The summed E-state index contributed by atoms with van der Waals surface area (Å²) >= 11 is -0.519. The topological polar surface area (TPSA) is 18.5 Å². The van der Waals surface area contributed by atoms with Gasteiger partial charge in [0.1, 0.15) is 0 Å². The molecule has 5 heteroatoms. The van der Waals surface area contributed by atoms with Crippen molar-refractivity contribution in [2.45, 2.75) is 39.5 Å². The molecule has 0 amide bonds. The Morgan fingerprint density at radius 1 is 0.846 bits per heavy atom. The van der Waals surface area contributed by atoms with Crippen LogP contribution < -0.4 is 0 Å². The number of unbranched alkanes of at least 4 members (excludes halogenated alkanes) is 2. The Hall–Kier alpha value is 1.21. The van der Waals surface area contributed by atoms with Crippen LogP contribution in [-0.4, -0.2) is 13.2 Å². The molecule has 0 saturated carbocycles. The molecular weight excluding hydrogens is 247 g/mol. The van der Waals surface area contributed by atoms with Crippen LogP contribution in [0.1, 0.15) is 39.5 Å². The van der Waals surface area contributed by atoms with Crippen LogP contribution in [0.15, 0.2) is 0 Å². The minimum Gasteiger partial charge on any atom is -0.147 e. The van der Waals surface area contributed by atoms with E-state index in [1.165, 1.54) is 25.7 Å². The van der Waals surface area contributed by atoms with E-state index < -0.39 is 19.9 Å². The van der Waals surface area contributed by atoms with E-state index in [2.05, 4.69) is 13.8 Å². The molecule has 0 N–H and O–H groups in total. The van der Waals surface area contributed by atoms with E-state index in [4.69, 9.17) is 6.64 Å². The largest absolute Gasteiger partial charge is 0.147 e. The van der Waals surface area contributed by atoms with E-state index in [1.54, 1.807) is 0 Å². The fourth-order valence-electron chi connectivity index (χ4n) is 0.558. The van der Waals surface area contributed by atoms with Crippen LogP contribution in [0.5, 0.6) is 0 Å². The Morgan fingerprint density at radius 2 is 1.23 bits per heavy atom. The minimum absolute atomic E-state index is 0. The molecule has 82 valence electrons. The van der Waals surface area contributed by atoms with Gasteiger partial charge in [0, 0.05) is 0 Å². The predicted octanol–water partition coefficient (Wildman–Crippen LogP) is 3.38. The number of hydrogen-bond donors (Lipinski definition) is 0. The molecule has 0 radical (unpaired) electrons. The van der Waals surface area contributed by atoms with Gasteiger partial charge in [-0.1, -0.05) is 0 Å². The Kier molecular flexibility index (Phi) is 28.7. The average molecular weight is 267 g/mol. The minimum atomic E-state index is -0.519. The van der Waals surface area contributed by atoms with Crippen molar-refractivity contribution in [1.29, 1.82) is 0 Å². The maximum Gasteiger partial charge on any atom is -0.147 e. The first-order valence-electron chi connectivity index (χ1n) is 4.40. The molecule has 0 saturated heterocycles. The first-order valence-corrected chi connectivity index (χ1v) is 5.67. The Balaban J connectivity index is -0.000000500. The first kappa shape index (κ1) is 19.7. The summed E-state index contributed by atoms with van der Waals surface area (Å²) in [7, 11) is 0. The fourth-order valence-corrected chi connectivity index (χ4v) is 1.40. The summed E-state index contributed by atoms with van der Waals surface area (Å²) in [4.78, 5) is 0. The monoisotopic (exact) mass is 266 g/mol. The third-order valence-electron chi connectivity index (χ3n) is 1.32. The normalized spacial score (nSPS) is 8.46. The second-order valence-electron chi connectivity index (χ2n) is 2.49. The molecule has 0 aliphatic heterocycles. The van der Waals surface area contributed by atoms with Crippen LogP contribution >= 0.6 is 24.8 Å². The average Bonchev–Trinajstić information content (AvgIpc) is 2.03.